The number of amides is 1. The third-order valence-corrected chi connectivity index (χ3v) is 6.36. The van der Waals surface area contributed by atoms with Crippen molar-refractivity contribution in [3.05, 3.63) is 60.1 Å². The van der Waals surface area contributed by atoms with Gasteiger partial charge in [-0.3, -0.25) is 14.7 Å². The monoisotopic (exact) mass is 408 g/mol. The molecule has 1 saturated heterocycles. The van der Waals surface area contributed by atoms with Crippen LogP contribution in [0.25, 0.3) is 11.5 Å². The van der Waals surface area contributed by atoms with E-state index in [2.05, 4.69) is 25.0 Å². The van der Waals surface area contributed by atoms with Gasteiger partial charge in [0.2, 0.25) is 17.6 Å². The van der Waals surface area contributed by atoms with Crippen LogP contribution in [0.1, 0.15) is 36.8 Å². The van der Waals surface area contributed by atoms with Gasteiger partial charge in [-0.25, -0.2) is 9.37 Å². The third kappa shape index (κ3) is 3.06. The summed E-state index contributed by atoms with van der Waals surface area (Å²) in [5.74, 6) is 0.439. The summed E-state index contributed by atoms with van der Waals surface area (Å²) in [6.07, 6.45) is 7.72. The summed E-state index contributed by atoms with van der Waals surface area (Å²) in [4.78, 5) is 27.3. The third-order valence-electron chi connectivity index (χ3n) is 6.36. The average Bonchev–Trinajstić information content (AvgIpc) is 3.44. The van der Waals surface area contributed by atoms with E-state index in [1.165, 1.54) is 12.1 Å². The summed E-state index contributed by atoms with van der Waals surface area (Å²) < 4.78 is 19.1. The highest BCUT2D eigenvalue weighted by Crippen LogP contribution is 2.51. The fraction of sp³-hybridized carbons (Fsp3) is 0.381. The van der Waals surface area contributed by atoms with Crippen LogP contribution in [0.2, 0.25) is 0 Å². The van der Waals surface area contributed by atoms with Gasteiger partial charge < -0.3 is 10.3 Å². The van der Waals surface area contributed by atoms with E-state index in [0.717, 1.165) is 19.3 Å². The van der Waals surface area contributed by atoms with Crippen molar-refractivity contribution in [1.29, 1.82) is 0 Å². The predicted octanol–water partition coefficient (Wildman–Crippen LogP) is 2.25. The molecule has 3 atom stereocenters. The molecule has 9 heteroatoms. The molecule has 1 amide bonds. The van der Waals surface area contributed by atoms with E-state index in [-0.39, 0.29) is 17.2 Å². The molecule has 0 bridgehead atoms. The molecule has 5 rings (SSSR count). The van der Waals surface area contributed by atoms with Gasteiger partial charge in [-0.15, -0.1) is 0 Å². The van der Waals surface area contributed by atoms with Gasteiger partial charge in [-0.05, 0) is 36.5 Å². The molecule has 2 N–H and O–H groups in total. The number of halogens is 1. The summed E-state index contributed by atoms with van der Waals surface area (Å²) in [5, 5.41) is 4.12. The Bertz CT molecular complexity index is 1060. The van der Waals surface area contributed by atoms with Crippen LogP contribution in [0, 0.1) is 11.7 Å². The van der Waals surface area contributed by atoms with Gasteiger partial charge in [0.1, 0.15) is 17.6 Å². The van der Waals surface area contributed by atoms with E-state index >= 15 is 0 Å². The van der Waals surface area contributed by atoms with Crippen molar-refractivity contribution in [2.24, 2.45) is 11.7 Å². The summed E-state index contributed by atoms with van der Waals surface area (Å²) in [7, 11) is 0. The fourth-order valence-electron chi connectivity index (χ4n) is 5.02. The number of nitrogens with zero attached hydrogens (tertiary/aromatic N) is 5. The lowest BCUT2D eigenvalue weighted by atomic mass is 9.80. The number of aromatic nitrogens is 4. The Morgan fingerprint density at radius 3 is 2.87 bits per heavy atom. The molecule has 2 fully saturated rings. The number of rotatable bonds is 5. The molecule has 3 aromatic rings. The Balaban J connectivity index is 1.47. The second-order valence-corrected chi connectivity index (χ2v) is 8.04. The quantitative estimate of drug-likeness (QED) is 0.689. The molecular weight excluding hydrogens is 387 g/mol. The molecule has 154 valence electrons. The molecule has 3 heterocycles. The summed E-state index contributed by atoms with van der Waals surface area (Å²) >= 11 is 0. The molecule has 8 nitrogen and oxygen atoms in total. The lowest BCUT2D eigenvalue weighted by Crippen LogP contribution is -2.39. The number of hydrogen-bond donors (Lipinski definition) is 1. The second-order valence-electron chi connectivity index (χ2n) is 8.04. The van der Waals surface area contributed by atoms with Crippen LogP contribution < -0.4 is 5.73 Å². The number of fused-ring (bicyclic) bond motifs is 1. The van der Waals surface area contributed by atoms with Crippen LogP contribution in [0.3, 0.4) is 0 Å². The van der Waals surface area contributed by atoms with Gasteiger partial charge in [0.05, 0.1) is 11.6 Å². The van der Waals surface area contributed by atoms with Gasteiger partial charge in [0.15, 0.2) is 0 Å². The predicted molar refractivity (Wildman–Crippen MR) is 104 cm³/mol. The maximum absolute atomic E-state index is 13.4. The van der Waals surface area contributed by atoms with Crippen molar-refractivity contribution in [3.8, 4) is 11.5 Å². The molecule has 1 aliphatic heterocycles. The maximum Gasteiger partial charge on any atom is 0.239 e. The van der Waals surface area contributed by atoms with Gasteiger partial charge in [0, 0.05) is 25.5 Å². The molecule has 0 radical (unpaired) electrons. The van der Waals surface area contributed by atoms with E-state index in [0.29, 0.717) is 36.1 Å². The first-order chi connectivity index (χ1) is 14.6. The smallest absolute Gasteiger partial charge is 0.239 e. The van der Waals surface area contributed by atoms with Crippen LogP contribution in [0.4, 0.5) is 4.39 Å². The van der Waals surface area contributed by atoms with Crippen molar-refractivity contribution in [1.82, 2.24) is 25.0 Å². The standard InChI is InChI=1S/C21H21FN6O2/c22-15-5-3-13(4-6-15)17(18(23)29)28-11-14-2-1-7-21(14,12-28)20-26-19(27-30-20)16-10-24-8-9-25-16/h3-6,8-10,14,17H,1-2,7,11-12H2,(H2,23,29)/t14-,17?,21-/m1/s1. The zero-order chi connectivity index (χ0) is 20.7. The number of primary amides is 1. The first-order valence-electron chi connectivity index (χ1n) is 9.96. The summed E-state index contributed by atoms with van der Waals surface area (Å²) in [6.45, 7) is 1.26. The van der Waals surface area contributed by atoms with Crippen molar-refractivity contribution >= 4 is 5.91 Å². The van der Waals surface area contributed by atoms with Gasteiger partial charge in [-0.1, -0.05) is 23.7 Å². The summed E-state index contributed by atoms with van der Waals surface area (Å²) in [6, 6.07) is 5.30. The fourth-order valence-corrected chi connectivity index (χ4v) is 5.02. The minimum atomic E-state index is -0.629. The second kappa shape index (κ2) is 7.24. The van der Waals surface area contributed by atoms with Crippen LogP contribution in [-0.2, 0) is 10.2 Å². The van der Waals surface area contributed by atoms with Gasteiger partial charge >= 0.3 is 0 Å². The highest BCUT2D eigenvalue weighted by molar-refractivity contribution is 5.81. The van der Waals surface area contributed by atoms with Crippen molar-refractivity contribution < 1.29 is 13.7 Å². The van der Waals surface area contributed by atoms with Crippen molar-refractivity contribution in [3.63, 3.8) is 0 Å². The number of nitrogens with two attached hydrogens (primary N) is 1. The highest BCUT2D eigenvalue weighted by Gasteiger charge is 2.55. The van der Waals surface area contributed by atoms with Crippen molar-refractivity contribution in [2.45, 2.75) is 30.7 Å². The van der Waals surface area contributed by atoms with Crippen molar-refractivity contribution in [2.75, 3.05) is 13.1 Å². The Morgan fingerprint density at radius 1 is 1.30 bits per heavy atom. The molecule has 2 aromatic heterocycles. The maximum atomic E-state index is 13.4. The minimum Gasteiger partial charge on any atom is -0.368 e. The Labute approximate surface area is 172 Å². The first-order valence-corrected chi connectivity index (χ1v) is 9.96. The number of likely N-dealkylation sites (tertiary alicyclic amines) is 1. The summed E-state index contributed by atoms with van der Waals surface area (Å²) in [5.41, 5.74) is 6.66. The highest BCUT2D eigenvalue weighted by atomic mass is 19.1. The van der Waals surface area contributed by atoms with E-state index < -0.39 is 11.9 Å². The molecule has 1 aromatic carbocycles. The van der Waals surface area contributed by atoms with Crippen LogP contribution >= 0.6 is 0 Å². The molecule has 1 aliphatic carbocycles. The molecule has 0 spiro atoms. The van der Waals surface area contributed by atoms with Crippen LogP contribution in [-0.4, -0.2) is 44.0 Å². The van der Waals surface area contributed by atoms with E-state index in [1.807, 2.05) is 0 Å². The molecule has 2 aliphatic rings. The molecule has 1 unspecified atom stereocenters. The van der Waals surface area contributed by atoms with Crippen LogP contribution in [0.5, 0.6) is 0 Å². The topological polar surface area (TPSA) is 111 Å². The SMILES string of the molecule is NC(=O)C(c1ccc(F)cc1)N1C[C@H]2CCC[C@@]2(c2nc(-c3cnccn3)no2)C1. The number of benzene rings is 1. The molecule has 30 heavy (non-hydrogen) atoms. The Morgan fingerprint density at radius 2 is 2.13 bits per heavy atom. The number of carbonyl (C=O) groups excluding carboxylic acids is 1. The molecular formula is C21H21FN6O2. The van der Waals surface area contributed by atoms with Gasteiger partial charge in [0.25, 0.3) is 0 Å². The van der Waals surface area contributed by atoms with E-state index in [1.54, 1.807) is 30.7 Å². The van der Waals surface area contributed by atoms with E-state index in [9.17, 15) is 9.18 Å². The normalized spacial score (nSPS) is 24.6. The lowest BCUT2D eigenvalue weighted by molar-refractivity contribution is -0.123. The van der Waals surface area contributed by atoms with E-state index in [4.69, 9.17) is 10.3 Å². The van der Waals surface area contributed by atoms with Crippen LogP contribution in [0.15, 0.2) is 47.4 Å². The Hall–Kier alpha value is -3.20. The number of hydrogen-bond acceptors (Lipinski definition) is 7. The zero-order valence-electron chi connectivity index (χ0n) is 16.2. The largest absolute Gasteiger partial charge is 0.368 e. The first kappa shape index (κ1) is 18.8. The number of carbonyl (C=O) groups is 1. The minimum absolute atomic E-state index is 0.273. The van der Waals surface area contributed by atoms with Gasteiger partial charge in [-0.2, -0.15) is 4.98 Å². The lowest BCUT2D eigenvalue weighted by Gasteiger charge is -2.28. The Kier molecular flexibility index (Phi) is 4.54. The average molecular weight is 408 g/mol. The zero-order valence-corrected chi connectivity index (χ0v) is 16.2. The molecule has 1 saturated carbocycles.